The first-order chi connectivity index (χ1) is 15.5. The first kappa shape index (κ1) is 24.2. The summed E-state index contributed by atoms with van der Waals surface area (Å²) in [5.74, 6) is -1.98. The van der Waals surface area contributed by atoms with Crippen molar-refractivity contribution in [2.75, 3.05) is 0 Å². The van der Waals surface area contributed by atoms with Crippen molar-refractivity contribution in [3.8, 4) is 0 Å². The van der Waals surface area contributed by atoms with E-state index in [9.17, 15) is 23.9 Å². The Labute approximate surface area is 192 Å². The van der Waals surface area contributed by atoms with Crippen LogP contribution in [0.1, 0.15) is 43.9 Å². The van der Waals surface area contributed by atoms with Gasteiger partial charge in [-0.3, -0.25) is 4.79 Å². The zero-order chi connectivity index (χ0) is 24.2. The van der Waals surface area contributed by atoms with Crippen LogP contribution in [0, 0.1) is 5.82 Å². The molecule has 2 aromatic rings. The molecule has 0 radical (unpaired) electrons. The number of ether oxygens (including phenoxy) is 1. The minimum absolute atomic E-state index is 0.0554. The molecule has 2 atom stereocenters. The number of fused-ring (bicyclic) bond motifs is 1. The fourth-order valence-corrected chi connectivity index (χ4v) is 3.91. The molecule has 1 aliphatic heterocycles. The van der Waals surface area contributed by atoms with Crippen LogP contribution < -0.4 is 5.32 Å². The van der Waals surface area contributed by atoms with Gasteiger partial charge in [-0.1, -0.05) is 42.5 Å². The van der Waals surface area contributed by atoms with Crippen molar-refractivity contribution in [3.05, 3.63) is 71.0 Å². The Morgan fingerprint density at radius 2 is 1.76 bits per heavy atom. The maximum atomic E-state index is 14.3. The van der Waals surface area contributed by atoms with Crippen LogP contribution in [0.3, 0.4) is 0 Å². The first-order valence-electron chi connectivity index (χ1n) is 10.9. The molecule has 0 saturated heterocycles. The molecule has 0 saturated carbocycles. The fraction of sp³-hybridized carbons (Fsp3) is 0.400. The highest BCUT2D eigenvalue weighted by Crippen LogP contribution is 2.25. The van der Waals surface area contributed by atoms with Gasteiger partial charge in [0, 0.05) is 25.4 Å². The van der Waals surface area contributed by atoms with Gasteiger partial charge in [0.1, 0.15) is 17.5 Å². The number of halogens is 1. The van der Waals surface area contributed by atoms with E-state index in [0.29, 0.717) is 5.56 Å². The van der Waals surface area contributed by atoms with Crippen LogP contribution >= 0.6 is 0 Å². The van der Waals surface area contributed by atoms with Crippen molar-refractivity contribution in [2.24, 2.45) is 0 Å². The molecule has 0 spiro atoms. The number of nitrogens with zero attached hydrogens (tertiary/aromatic N) is 1. The van der Waals surface area contributed by atoms with Crippen LogP contribution in [0.5, 0.6) is 0 Å². The molecule has 0 bridgehead atoms. The standard InChI is InChI=1S/C25H29FN2O5/c1-25(2,3)33-24(32)27-19(12-17-9-6-7-11-20(17)26)14-22(29)28-15-18-10-5-4-8-16(18)13-21(28)23(30)31/h4-11,19,21H,12-15H2,1-3H3,(H,27,32)(H,30,31). The van der Waals surface area contributed by atoms with E-state index < -0.39 is 41.5 Å². The lowest BCUT2D eigenvalue weighted by Crippen LogP contribution is -2.51. The largest absolute Gasteiger partial charge is 0.480 e. The minimum Gasteiger partial charge on any atom is -0.480 e. The summed E-state index contributed by atoms with van der Waals surface area (Å²) in [4.78, 5) is 38.9. The molecule has 7 nitrogen and oxygen atoms in total. The van der Waals surface area contributed by atoms with Crippen LogP contribution in [-0.4, -0.2) is 45.7 Å². The maximum Gasteiger partial charge on any atom is 0.407 e. The van der Waals surface area contributed by atoms with Gasteiger partial charge in [-0.05, 0) is 49.9 Å². The average molecular weight is 457 g/mol. The number of carboxylic acids is 1. The highest BCUT2D eigenvalue weighted by Gasteiger charge is 2.35. The third kappa shape index (κ3) is 6.54. The summed E-state index contributed by atoms with van der Waals surface area (Å²) in [5, 5.41) is 12.4. The molecule has 1 heterocycles. The second kappa shape index (κ2) is 10.0. The summed E-state index contributed by atoms with van der Waals surface area (Å²) >= 11 is 0. The summed E-state index contributed by atoms with van der Waals surface area (Å²) < 4.78 is 19.6. The number of hydrogen-bond donors (Lipinski definition) is 2. The number of carboxylic acid groups (broad SMARTS) is 1. The number of benzene rings is 2. The van der Waals surface area contributed by atoms with Crippen molar-refractivity contribution >= 4 is 18.0 Å². The van der Waals surface area contributed by atoms with E-state index in [1.54, 1.807) is 39.0 Å². The Balaban J connectivity index is 1.81. The quantitative estimate of drug-likeness (QED) is 0.691. The van der Waals surface area contributed by atoms with Gasteiger partial charge in [0.2, 0.25) is 5.91 Å². The van der Waals surface area contributed by atoms with E-state index in [2.05, 4.69) is 5.32 Å². The Hall–Kier alpha value is -3.42. The summed E-state index contributed by atoms with van der Waals surface area (Å²) in [5.41, 5.74) is 1.37. The number of carbonyl (C=O) groups is 3. The maximum absolute atomic E-state index is 14.3. The van der Waals surface area contributed by atoms with Crippen LogP contribution in [0.25, 0.3) is 0 Å². The van der Waals surface area contributed by atoms with Gasteiger partial charge < -0.3 is 20.1 Å². The van der Waals surface area contributed by atoms with Gasteiger partial charge in [-0.15, -0.1) is 0 Å². The van der Waals surface area contributed by atoms with E-state index in [1.165, 1.54) is 11.0 Å². The summed E-state index contributed by atoms with van der Waals surface area (Å²) in [7, 11) is 0. The zero-order valence-corrected chi connectivity index (χ0v) is 19.0. The Kier molecular flexibility index (Phi) is 7.36. The second-order valence-electron chi connectivity index (χ2n) is 9.19. The van der Waals surface area contributed by atoms with E-state index in [4.69, 9.17) is 4.74 Å². The molecule has 2 aromatic carbocycles. The predicted molar refractivity (Wildman–Crippen MR) is 120 cm³/mol. The number of amides is 2. The van der Waals surface area contributed by atoms with Crippen molar-refractivity contribution < 1.29 is 28.6 Å². The molecule has 3 rings (SSSR count). The monoisotopic (exact) mass is 456 g/mol. The highest BCUT2D eigenvalue weighted by atomic mass is 19.1. The van der Waals surface area contributed by atoms with E-state index in [0.717, 1.165) is 11.1 Å². The van der Waals surface area contributed by atoms with E-state index in [-0.39, 0.29) is 25.8 Å². The molecule has 2 unspecified atom stereocenters. The Bertz CT molecular complexity index is 1030. The third-order valence-corrected chi connectivity index (χ3v) is 5.42. The van der Waals surface area contributed by atoms with Gasteiger partial charge in [0.05, 0.1) is 0 Å². The molecule has 0 aliphatic carbocycles. The molecule has 8 heteroatoms. The molecule has 1 aliphatic rings. The Morgan fingerprint density at radius 1 is 1.12 bits per heavy atom. The fourth-order valence-electron chi connectivity index (χ4n) is 3.91. The lowest BCUT2D eigenvalue weighted by Gasteiger charge is -2.35. The lowest BCUT2D eigenvalue weighted by molar-refractivity contribution is -0.151. The number of rotatable bonds is 6. The minimum atomic E-state index is -1.09. The molecule has 2 amide bonds. The second-order valence-corrected chi connectivity index (χ2v) is 9.19. The van der Waals surface area contributed by atoms with Crippen molar-refractivity contribution in [1.82, 2.24) is 10.2 Å². The molecule has 33 heavy (non-hydrogen) atoms. The molecule has 2 N–H and O–H groups in total. The van der Waals surface area contributed by atoms with Gasteiger partial charge in [-0.25, -0.2) is 14.0 Å². The van der Waals surface area contributed by atoms with Gasteiger partial charge in [0.25, 0.3) is 0 Å². The summed E-state index contributed by atoms with van der Waals surface area (Å²) in [6.45, 7) is 5.30. The first-order valence-corrected chi connectivity index (χ1v) is 10.9. The molecule has 0 fully saturated rings. The van der Waals surface area contributed by atoms with Crippen LogP contribution in [0.4, 0.5) is 9.18 Å². The number of aliphatic carboxylic acids is 1. The summed E-state index contributed by atoms with van der Waals surface area (Å²) in [6, 6.07) is 11.7. The van der Waals surface area contributed by atoms with Gasteiger partial charge >= 0.3 is 12.1 Å². The van der Waals surface area contributed by atoms with Crippen LogP contribution in [-0.2, 0) is 33.7 Å². The van der Waals surface area contributed by atoms with Crippen LogP contribution in [0.2, 0.25) is 0 Å². The lowest BCUT2D eigenvalue weighted by atomic mass is 9.93. The highest BCUT2D eigenvalue weighted by molar-refractivity contribution is 5.85. The SMILES string of the molecule is CC(C)(C)OC(=O)NC(CC(=O)N1Cc2ccccc2CC1C(=O)O)Cc1ccccc1F. The number of nitrogens with one attached hydrogen (secondary N) is 1. The molecular formula is C25H29FN2O5. The van der Waals surface area contributed by atoms with Crippen molar-refractivity contribution in [3.63, 3.8) is 0 Å². The normalized spacial score (nSPS) is 16.5. The number of carbonyl (C=O) groups excluding carboxylic acids is 2. The average Bonchev–Trinajstić information content (AvgIpc) is 2.72. The molecular weight excluding hydrogens is 427 g/mol. The van der Waals surface area contributed by atoms with Crippen molar-refractivity contribution in [2.45, 2.75) is 64.3 Å². The molecule has 0 aromatic heterocycles. The topological polar surface area (TPSA) is 95.9 Å². The Morgan fingerprint density at radius 3 is 2.39 bits per heavy atom. The van der Waals surface area contributed by atoms with Gasteiger partial charge in [-0.2, -0.15) is 0 Å². The van der Waals surface area contributed by atoms with Crippen molar-refractivity contribution in [1.29, 1.82) is 0 Å². The predicted octanol–water partition coefficient (Wildman–Crippen LogP) is 3.69. The van der Waals surface area contributed by atoms with E-state index in [1.807, 2.05) is 24.3 Å². The van der Waals surface area contributed by atoms with Crippen LogP contribution in [0.15, 0.2) is 48.5 Å². The zero-order valence-electron chi connectivity index (χ0n) is 19.0. The number of hydrogen-bond acceptors (Lipinski definition) is 4. The summed E-state index contributed by atoms with van der Waals surface area (Å²) in [6.07, 6.45) is -0.663. The molecule has 176 valence electrons. The number of alkyl carbamates (subject to hydrolysis) is 1. The third-order valence-electron chi connectivity index (χ3n) is 5.42. The van der Waals surface area contributed by atoms with Gasteiger partial charge in [0.15, 0.2) is 0 Å². The van der Waals surface area contributed by atoms with E-state index >= 15 is 0 Å². The smallest absolute Gasteiger partial charge is 0.407 e.